The Morgan fingerprint density at radius 2 is 2.15 bits per heavy atom. The van der Waals surface area contributed by atoms with E-state index in [1.165, 1.54) is 11.1 Å². The van der Waals surface area contributed by atoms with Crippen LogP contribution in [0.3, 0.4) is 0 Å². The van der Waals surface area contributed by atoms with Crippen molar-refractivity contribution in [2.24, 2.45) is 0 Å². The summed E-state index contributed by atoms with van der Waals surface area (Å²) in [5.41, 5.74) is 3.51. The molecule has 0 bridgehead atoms. The highest BCUT2D eigenvalue weighted by Gasteiger charge is 2.06. The molecule has 2 nitrogen and oxygen atoms in total. The molecular weight excluding hydrogens is 160 g/mol. The van der Waals surface area contributed by atoms with E-state index >= 15 is 0 Å². The smallest absolute Gasteiger partial charge is 0.0670 e. The molecule has 1 heterocycles. The first-order valence-corrected chi connectivity index (χ1v) is 4.47. The van der Waals surface area contributed by atoms with E-state index < -0.39 is 0 Å². The Morgan fingerprint density at radius 1 is 1.46 bits per heavy atom. The monoisotopic (exact) mass is 174 g/mol. The van der Waals surface area contributed by atoms with Crippen LogP contribution in [0, 0.1) is 18.3 Å². The van der Waals surface area contributed by atoms with Crippen molar-refractivity contribution in [1.82, 2.24) is 4.98 Å². The molecule has 0 saturated carbocycles. The molecule has 2 heteroatoms. The lowest BCUT2D eigenvalue weighted by molar-refractivity contribution is 0.841. The second-order valence-electron chi connectivity index (χ2n) is 3.50. The van der Waals surface area contributed by atoms with Crippen molar-refractivity contribution < 1.29 is 0 Å². The van der Waals surface area contributed by atoms with Crippen LogP contribution < -0.4 is 0 Å². The fraction of sp³-hybridized carbons (Fsp3) is 0.455. The van der Waals surface area contributed by atoms with Crippen molar-refractivity contribution in [3.8, 4) is 6.07 Å². The van der Waals surface area contributed by atoms with E-state index in [0.717, 1.165) is 5.56 Å². The largest absolute Gasteiger partial charge is 0.264 e. The van der Waals surface area contributed by atoms with E-state index in [2.05, 4.69) is 31.8 Å². The fourth-order valence-electron chi connectivity index (χ4n) is 1.43. The molecule has 0 unspecified atom stereocenters. The molecule has 0 atom stereocenters. The Kier molecular flexibility index (Phi) is 3.02. The average Bonchev–Trinajstić information content (AvgIpc) is 2.08. The maximum Gasteiger partial charge on any atom is 0.0670 e. The Bertz CT molecular complexity index is 334. The molecule has 1 aromatic rings. The van der Waals surface area contributed by atoms with Gasteiger partial charge in [0, 0.05) is 12.4 Å². The van der Waals surface area contributed by atoms with Crippen LogP contribution in [0.25, 0.3) is 0 Å². The van der Waals surface area contributed by atoms with Gasteiger partial charge in [-0.05, 0) is 29.5 Å². The first-order chi connectivity index (χ1) is 6.16. The lowest BCUT2D eigenvalue weighted by Gasteiger charge is -2.11. The van der Waals surface area contributed by atoms with Crippen LogP contribution >= 0.6 is 0 Å². The number of aromatic nitrogens is 1. The molecule has 0 aromatic carbocycles. The van der Waals surface area contributed by atoms with Crippen molar-refractivity contribution in [3.05, 3.63) is 29.1 Å². The van der Waals surface area contributed by atoms with E-state index in [4.69, 9.17) is 5.26 Å². The molecule has 0 spiro atoms. The highest BCUT2D eigenvalue weighted by Crippen LogP contribution is 2.20. The topological polar surface area (TPSA) is 36.7 Å². The van der Waals surface area contributed by atoms with E-state index in [0.29, 0.717) is 12.3 Å². The third-order valence-corrected chi connectivity index (χ3v) is 2.25. The van der Waals surface area contributed by atoms with E-state index in [1.54, 1.807) is 6.20 Å². The number of nitrogens with zero attached hydrogens (tertiary/aromatic N) is 2. The molecule has 68 valence electrons. The number of pyridine rings is 1. The van der Waals surface area contributed by atoms with Crippen LogP contribution in [-0.2, 0) is 6.42 Å². The zero-order valence-corrected chi connectivity index (χ0v) is 8.33. The van der Waals surface area contributed by atoms with Gasteiger partial charge < -0.3 is 0 Å². The van der Waals surface area contributed by atoms with Crippen molar-refractivity contribution in [2.45, 2.75) is 33.1 Å². The molecule has 0 aliphatic heterocycles. The molecule has 0 radical (unpaired) electrons. The van der Waals surface area contributed by atoms with Gasteiger partial charge in [0.2, 0.25) is 0 Å². The molecule has 0 aliphatic rings. The maximum atomic E-state index is 8.60. The Balaban J connectivity index is 3.12. The van der Waals surface area contributed by atoms with E-state index in [1.807, 2.05) is 6.20 Å². The summed E-state index contributed by atoms with van der Waals surface area (Å²) < 4.78 is 0. The predicted molar refractivity (Wildman–Crippen MR) is 52.4 cm³/mol. The first kappa shape index (κ1) is 9.73. The molecule has 13 heavy (non-hydrogen) atoms. The van der Waals surface area contributed by atoms with Gasteiger partial charge in [-0.15, -0.1) is 0 Å². The Hall–Kier alpha value is -1.36. The molecule has 1 aromatic heterocycles. The van der Waals surface area contributed by atoms with Gasteiger partial charge in [0.25, 0.3) is 0 Å². The van der Waals surface area contributed by atoms with Crippen LogP contribution in [0.4, 0.5) is 0 Å². The zero-order chi connectivity index (χ0) is 9.84. The minimum Gasteiger partial charge on any atom is -0.264 e. The fourth-order valence-corrected chi connectivity index (χ4v) is 1.43. The summed E-state index contributed by atoms with van der Waals surface area (Å²) >= 11 is 0. The number of hydrogen-bond acceptors (Lipinski definition) is 2. The van der Waals surface area contributed by atoms with Crippen LogP contribution in [-0.4, -0.2) is 4.98 Å². The highest BCUT2D eigenvalue weighted by atomic mass is 14.6. The summed E-state index contributed by atoms with van der Waals surface area (Å²) in [5.74, 6) is 0.478. The Morgan fingerprint density at radius 3 is 2.69 bits per heavy atom. The minimum atomic E-state index is 0.458. The highest BCUT2D eigenvalue weighted by molar-refractivity contribution is 5.33. The molecule has 0 saturated heterocycles. The standard InChI is InChI=1S/C11H14N2/c1-8(2)11-7-13-6-10(4-5-12)9(11)3/h6-8H,4H2,1-3H3. The van der Waals surface area contributed by atoms with Crippen LogP contribution in [0.1, 0.15) is 36.5 Å². The van der Waals surface area contributed by atoms with Crippen molar-refractivity contribution in [3.63, 3.8) is 0 Å². The minimum absolute atomic E-state index is 0.458. The van der Waals surface area contributed by atoms with Crippen molar-refractivity contribution >= 4 is 0 Å². The molecule has 0 amide bonds. The SMILES string of the molecule is Cc1c(CC#N)cncc1C(C)C. The molecule has 0 fully saturated rings. The van der Waals surface area contributed by atoms with Crippen molar-refractivity contribution in [2.75, 3.05) is 0 Å². The average molecular weight is 174 g/mol. The lowest BCUT2D eigenvalue weighted by atomic mass is 9.96. The van der Waals surface area contributed by atoms with Gasteiger partial charge in [-0.1, -0.05) is 13.8 Å². The summed E-state index contributed by atoms with van der Waals surface area (Å²) in [6.07, 6.45) is 4.13. The molecular formula is C11H14N2. The van der Waals surface area contributed by atoms with Gasteiger partial charge >= 0.3 is 0 Å². The second kappa shape index (κ2) is 4.04. The van der Waals surface area contributed by atoms with Gasteiger partial charge in [0.05, 0.1) is 12.5 Å². The normalized spacial score (nSPS) is 10.1. The summed E-state index contributed by atoms with van der Waals surface area (Å²) in [4.78, 5) is 4.13. The summed E-state index contributed by atoms with van der Waals surface area (Å²) in [6, 6.07) is 2.15. The maximum absolute atomic E-state index is 8.60. The van der Waals surface area contributed by atoms with E-state index in [9.17, 15) is 0 Å². The van der Waals surface area contributed by atoms with Crippen molar-refractivity contribution in [1.29, 1.82) is 5.26 Å². The van der Waals surface area contributed by atoms with Gasteiger partial charge in [0.15, 0.2) is 0 Å². The van der Waals surface area contributed by atoms with Gasteiger partial charge in [-0.2, -0.15) is 5.26 Å². The number of hydrogen-bond donors (Lipinski definition) is 0. The third kappa shape index (κ3) is 2.06. The number of rotatable bonds is 2. The van der Waals surface area contributed by atoms with Crippen LogP contribution in [0.5, 0.6) is 0 Å². The molecule has 0 N–H and O–H groups in total. The first-order valence-electron chi connectivity index (χ1n) is 4.47. The predicted octanol–water partition coefficient (Wildman–Crippen LogP) is 2.58. The summed E-state index contributed by atoms with van der Waals surface area (Å²) in [6.45, 7) is 6.34. The van der Waals surface area contributed by atoms with Crippen LogP contribution in [0.2, 0.25) is 0 Å². The third-order valence-electron chi connectivity index (χ3n) is 2.25. The summed E-state index contributed by atoms with van der Waals surface area (Å²) in [7, 11) is 0. The van der Waals surface area contributed by atoms with Gasteiger partial charge in [0.1, 0.15) is 0 Å². The van der Waals surface area contributed by atoms with Crippen LogP contribution in [0.15, 0.2) is 12.4 Å². The molecule has 1 rings (SSSR count). The zero-order valence-electron chi connectivity index (χ0n) is 8.33. The van der Waals surface area contributed by atoms with E-state index in [-0.39, 0.29) is 0 Å². The molecule has 0 aliphatic carbocycles. The quantitative estimate of drug-likeness (QED) is 0.691. The summed E-state index contributed by atoms with van der Waals surface area (Å²) in [5, 5.41) is 8.60. The Labute approximate surface area is 79.2 Å². The number of nitriles is 1. The lowest BCUT2D eigenvalue weighted by Crippen LogP contribution is -1.98. The van der Waals surface area contributed by atoms with Gasteiger partial charge in [-0.25, -0.2) is 0 Å². The second-order valence-corrected chi connectivity index (χ2v) is 3.50. The van der Waals surface area contributed by atoms with Gasteiger partial charge in [-0.3, -0.25) is 4.98 Å².